The summed E-state index contributed by atoms with van der Waals surface area (Å²) in [4.78, 5) is 3.97. The lowest BCUT2D eigenvalue weighted by molar-refractivity contribution is 0.522. The summed E-state index contributed by atoms with van der Waals surface area (Å²) in [5.74, 6) is 1.97. The van der Waals surface area contributed by atoms with E-state index >= 15 is 0 Å². The maximum absolute atomic E-state index is 5.21. The molecule has 0 aromatic rings. The summed E-state index contributed by atoms with van der Waals surface area (Å²) in [5.41, 5.74) is 0. The monoisotopic (exact) mass is 135 g/mol. The Hall–Kier alpha value is -1.45. The summed E-state index contributed by atoms with van der Waals surface area (Å²) in [5, 5.41) is 7.34. The SMILES string of the molecule is Cc1cnc2nncc-2o1. The molecule has 0 aromatic heterocycles. The molecule has 2 rings (SSSR count). The van der Waals surface area contributed by atoms with Crippen molar-refractivity contribution in [2.24, 2.45) is 0 Å². The van der Waals surface area contributed by atoms with Gasteiger partial charge >= 0.3 is 0 Å². The largest absolute Gasteiger partial charge is 0.455 e. The average molecular weight is 135 g/mol. The van der Waals surface area contributed by atoms with Gasteiger partial charge in [0.15, 0.2) is 5.76 Å². The Kier molecular flexibility index (Phi) is 0.943. The van der Waals surface area contributed by atoms with Crippen molar-refractivity contribution in [2.75, 3.05) is 0 Å². The van der Waals surface area contributed by atoms with Gasteiger partial charge in [-0.2, -0.15) is 5.10 Å². The molecule has 2 aliphatic heterocycles. The minimum Gasteiger partial charge on any atom is -0.455 e. The van der Waals surface area contributed by atoms with Crippen molar-refractivity contribution < 1.29 is 4.42 Å². The molecule has 4 heteroatoms. The second kappa shape index (κ2) is 1.76. The van der Waals surface area contributed by atoms with E-state index in [-0.39, 0.29) is 0 Å². The zero-order valence-electron chi connectivity index (χ0n) is 5.40. The molecule has 0 aromatic carbocycles. The summed E-state index contributed by atoms with van der Waals surface area (Å²) in [6.45, 7) is 1.83. The Morgan fingerprint density at radius 2 is 2.30 bits per heavy atom. The topological polar surface area (TPSA) is 51.8 Å². The predicted molar refractivity (Wildman–Crippen MR) is 33.5 cm³/mol. The highest BCUT2D eigenvalue weighted by Crippen LogP contribution is 2.15. The quantitative estimate of drug-likeness (QED) is 0.538. The summed E-state index contributed by atoms with van der Waals surface area (Å²) in [6.07, 6.45) is 3.17. The van der Waals surface area contributed by atoms with Gasteiger partial charge in [0.1, 0.15) is 5.76 Å². The van der Waals surface area contributed by atoms with Crippen molar-refractivity contribution in [3.8, 4) is 11.6 Å². The highest BCUT2D eigenvalue weighted by atomic mass is 16.3. The van der Waals surface area contributed by atoms with Gasteiger partial charge in [0.25, 0.3) is 0 Å². The van der Waals surface area contributed by atoms with Crippen LogP contribution in [-0.4, -0.2) is 15.2 Å². The maximum atomic E-state index is 5.21. The molecular weight excluding hydrogens is 130 g/mol. The van der Waals surface area contributed by atoms with Crippen LogP contribution in [0.3, 0.4) is 0 Å². The molecule has 50 valence electrons. The molecule has 2 heterocycles. The summed E-state index contributed by atoms with van der Waals surface area (Å²) < 4.78 is 5.21. The first-order valence-corrected chi connectivity index (χ1v) is 2.90. The number of aryl methyl sites for hydroxylation is 1. The fourth-order valence-electron chi connectivity index (χ4n) is 0.756. The van der Waals surface area contributed by atoms with Crippen LogP contribution >= 0.6 is 0 Å². The van der Waals surface area contributed by atoms with Gasteiger partial charge in [0.2, 0.25) is 5.82 Å². The number of fused-ring (bicyclic) bond motifs is 1. The lowest BCUT2D eigenvalue weighted by Gasteiger charge is -1.93. The Labute approximate surface area is 57.3 Å². The number of nitrogens with zero attached hydrogens (tertiary/aromatic N) is 3. The first-order chi connectivity index (χ1) is 4.86. The van der Waals surface area contributed by atoms with Crippen LogP contribution in [0.1, 0.15) is 5.76 Å². The Balaban J connectivity index is 2.75. The van der Waals surface area contributed by atoms with Crippen molar-refractivity contribution in [3.63, 3.8) is 0 Å². The van der Waals surface area contributed by atoms with Gasteiger partial charge in [0, 0.05) is 0 Å². The molecule has 4 nitrogen and oxygen atoms in total. The lowest BCUT2D eigenvalue weighted by Crippen LogP contribution is -1.83. The van der Waals surface area contributed by atoms with Gasteiger partial charge in [-0.3, -0.25) is 0 Å². The van der Waals surface area contributed by atoms with Crippen molar-refractivity contribution in [1.82, 2.24) is 15.2 Å². The van der Waals surface area contributed by atoms with E-state index in [1.807, 2.05) is 6.92 Å². The zero-order chi connectivity index (χ0) is 6.97. The first-order valence-electron chi connectivity index (χ1n) is 2.90. The average Bonchev–Trinajstić information content (AvgIpc) is 2.33. The third-order valence-corrected chi connectivity index (χ3v) is 1.19. The highest BCUT2D eigenvalue weighted by Gasteiger charge is 2.07. The molecule has 10 heavy (non-hydrogen) atoms. The molecule has 0 fully saturated rings. The molecule has 0 radical (unpaired) electrons. The molecule has 0 saturated heterocycles. The second-order valence-electron chi connectivity index (χ2n) is 2.00. The van der Waals surface area contributed by atoms with Gasteiger partial charge in [0.05, 0.1) is 12.4 Å². The molecule has 0 aliphatic carbocycles. The summed E-state index contributed by atoms with van der Waals surface area (Å²) in [6, 6.07) is 0. The molecule has 0 atom stereocenters. The number of hydrogen-bond acceptors (Lipinski definition) is 4. The van der Waals surface area contributed by atoms with Gasteiger partial charge < -0.3 is 4.42 Å². The van der Waals surface area contributed by atoms with Crippen molar-refractivity contribution in [3.05, 3.63) is 18.2 Å². The van der Waals surface area contributed by atoms with Crippen LogP contribution in [0, 0.1) is 6.92 Å². The number of hydrogen-bond donors (Lipinski definition) is 0. The van der Waals surface area contributed by atoms with E-state index in [4.69, 9.17) is 4.42 Å². The molecular formula is C6H5N3O. The first kappa shape index (κ1) is 5.34. The van der Waals surface area contributed by atoms with E-state index in [0.29, 0.717) is 11.6 Å². The third-order valence-electron chi connectivity index (χ3n) is 1.19. The van der Waals surface area contributed by atoms with E-state index in [9.17, 15) is 0 Å². The van der Waals surface area contributed by atoms with Crippen molar-refractivity contribution >= 4 is 0 Å². The lowest BCUT2D eigenvalue weighted by atomic mass is 10.4. The Morgan fingerprint density at radius 1 is 1.40 bits per heavy atom. The smallest absolute Gasteiger partial charge is 0.219 e. The highest BCUT2D eigenvalue weighted by molar-refractivity contribution is 5.44. The normalized spacial score (nSPS) is 10.5. The predicted octanol–water partition coefficient (Wildman–Crippen LogP) is 0.878. The van der Waals surface area contributed by atoms with E-state index in [1.54, 1.807) is 12.4 Å². The molecule has 0 spiro atoms. The molecule has 0 saturated carbocycles. The van der Waals surface area contributed by atoms with Crippen molar-refractivity contribution in [2.45, 2.75) is 6.92 Å². The minimum absolute atomic E-state index is 0.561. The number of aromatic nitrogens is 3. The fourth-order valence-corrected chi connectivity index (χ4v) is 0.756. The van der Waals surface area contributed by atoms with Crippen LogP contribution < -0.4 is 0 Å². The maximum Gasteiger partial charge on any atom is 0.219 e. The van der Waals surface area contributed by atoms with E-state index in [2.05, 4.69) is 15.2 Å². The Morgan fingerprint density at radius 3 is 3.20 bits per heavy atom. The molecule has 0 bridgehead atoms. The summed E-state index contributed by atoms with van der Waals surface area (Å²) in [7, 11) is 0. The summed E-state index contributed by atoms with van der Waals surface area (Å²) >= 11 is 0. The van der Waals surface area contributed by atoms with Crippen LogP contribution in [0.5, 0.6) is 0 Å². The Bertz CT molecular complexity index is 317. The fraction of sp³-hybridized carbons (Fsp3) is 0.167. The molecule has 0 amide bonds. The van der Waals surface area contributed by atoms with Gasteiger partial charge in [-0.05, 0) is 6.92 Å². The molecule has 2 aliphatic rings. The molecule has 0 unspecified atom stereocenters. The van der Waals surface area contributed by atoms with Gasteiger partial charge in [-0.25, -0.2) is 4.98 Å². The van der Waals surface area contributed by atoms with E-state index in [0.717, 1.165) is 5.76 Å². The van der Waals surface area contributed by atoms with Crippen LogP contribution in [0.25, 0.3) is 11.6 Å². The number of rotatable bonds is 0. The van der Waals surface area contributed by atoms with Crippen LogP contribution in [0.4, 0.5) is 0 Å². The second-order valence-corrected chi connectivity index (χ2v) is 2.00. The zero-order valence-corrected chi connectivity index (χ0v) is 5.40. The van der Waals surface area contributed by atoms with Crippen LogP contribution in [0.15, 0.2) is 16.8 Å². The van der Waals surface area contributed by atoms with E-state index in [1.165, 1.54) is 0 Å². The minimum atomic E-state index is 0.561. The van der Waals surface area contributed by atoms with Crippen LogP contribution in [-0.2, 0) is 0 Å². The van der Waals surface area contributed by atoms with Gasteiger partial charge in [-0.1, -0.05) is 0 Å². The van der Waals surface area contributed by atoms with E-state index < -0.39 is 0 Å². The van der Waals surface area contributed by atoms with Gasteiger partial charge in [-0.15, -0.1) is 5.10 Å². The molecule has 0 N–H and O–H groups in total. The standard InChI is InChI=1S/C6H5N3O/c1-4-2-7-6-5(10-4)3-8-9-6/h2-3H,1H3. The van der Waals surface area contributed by atoms with Crippen molar-refractivity contribution in [1.29, 1.82) is 0 Å². The van der Waals surface area contributed by atoms with Crippen LogP contribution in [0.2, 0.25) is 0 Å². The third kappa shape index (κ3) is 0.655.